The lowest BCUT2D eigenvalue weighted by Gasteiger charge is -2.26. The van der Waals surface area contributed by atoms with Crippen LogP contribution in [-0.4, -0.2) is 28.5 Å². The van der Waals surface area contributed by atoms with Crippen LogP contribution in [0.25, 0.3) is 22.8 Å². The maximum Gasteiger partial charge on any atom is 0.416 e. The third-order valence-electron chi connectivity index (χ3n) is 5.54. The third kappa shape index (κ3) is 5.13. The van der Waals surface area contributed by atoms with E-state index in [0.717, 1.165) is 28.9 Å². The van der Waals surface area contributed by atoms with E-state index in [9.17, 15) is 13.2 Å². The van der Waals surface area contributed by atoms with Crippen LogP contribution in [0.3, 0.4) is 0 Å². The van der Waals surface area contributed by atoms with E-state index in [1.807, 2.05) is 54.6 Å². The van der Waals surface area contributed by atoms with Crippen molar-refractivity contribution in [1.82, 2.24) is 15.2 Å². The van der Waals surface area contributed by atoms with Crippen LogP contribution in [0.15, 0.2) is 90.9 Å². The fourth-order valence-electron chi connectivity index (χ4n) is 3.88. The summed E-state index contributed by atoms with van der Waals surface area (Å²) in [6, 6.07) is 22.6. The Labute approximate surface area is 199 Å². The Morgan fingerprint density at radius 2 is 1.63 bits per heavy atom. The van der Waals surface area contributed by atoms with Gasteiger partial charge in [-0.3, -0.25) is 0 Å². The van der Waals surface area contributed by atoms with Crippen LogP contribution in [0.5, 0.6) is 0 Å². The number of H-pyrrole nitrogens is 1. The SMILES string of the molecule is FC(F)(F)c1cccc(-c2nnc(-c3ccccc3N(CC3=COCO3)Cc3ccccc3)[nH]2)c1. The number of alkyl halides is 3. The molecule has 0 saturated heterocycles. The third-order valence-corrected chi connectivity index (χ3v) is 5.54. The molecule has 1 aliphatic heterocycles. The molecule has 35 heavy (non-hydrogen) atoms. The second kappa shape index (κ2) is 9.54. The van der Waals surface area contributed by atoms with Crippen molar-refractivity contribution >= 4 is 5.69 Å². The lowest BCUT2D eigenvalue weighted by atomic mass is 10.1. The number of hydrogen-bond donors (Lipinski definition) is 1. The van der Waals surface area contributed by atoms with Crippen LogP contribution in [-0.2, 0) is 22.2 Å². The molecular formula is C26H21F3N4O2. The number of aromatic amines is 1. The van der Waals surface area contributed by atoms with Crippen molar-refractivity contribution < 1.29 is 22.6 Å². The van der Waals surface area contributed by atoms with Gasteiger partial charge in [0.15, 0.2) is 17.4 Å². The fraction of sp³-hybridized carbons (Fsp3) is 0.154. The van der Waals surface area contributed by atoms with Gasteiger partial charge in [0.05, 0.1) is 12.1 Å². The molecule has 0 aliphatic carbocycles. The molecule has 1 N–H and O–H groups in total. The zero-order chi connectivity index (χ0) is 24.3. The van der Waals surface area contributed by atoms with E-state index < -0.39 is 11.7 Å². The summed E-state index contributed by atoms with van der Waals surface area (Å²) in [5, 5.41) is 8.38. The number of anilines is 1. The number of ether oxygens (including phenoxy) is 2. The first-order valence-electron chi connectivity index (χ1n) is 10.9. The van der Waals surface area contributed by atoms with Gasteiger partial charge in [0, 0.05) is 23.4 Å². The molecule has 1 aliphatic rings. The van der Waals surface area contributed by atoms with Gasteiger partial charge in [0.1, 0.15) is 6.26 Å². The molecule has 0 amide bonds. The van der Waals surface area contributed by atoms with E-state index in [4.69, 9.17) is 9.47 Å². The van der Waals surface area contributed by atoms with Gasteiger partial charge in [0.2, 0.25) is 6.79 Å². The highest BCUT2D eigenvalue weighted by atomic mass is 19.4. The van der Waals surface area contributed by atoms with Gasteiger partial charge in [-0.15, -0.1) is 10.2 Å². The minimum atomic E-state index is -4.44. The summed E-state index contributed by atoms with van der Waals surface area (Å²) in [7, 11) is 0. The number of hydrogen-bond acceptors (Lipinski definition) is 5. The molecule has 2 heterocycles. The summed E-state index contributed by atoms with van der Waals surface area (Å²) in [5.41, 5.74) is 2.28. The van der Waals surface area contributed by atoms with Crippen molar-refractivity contribution in [1.29, 1.82) is 0 Å². The van der Waals surface area contributed by atoms with Crippen LogP contribution in [0.2, 0.25) is 0 Å². The number of aromatic nitrogens is 3. The first-order valence-corrected chi connectivity index (χ1v) is 10.9. The maximum atomic E-state index is 13.2. The molecule has 178 valence electrons. The molecule has 0 spiro atoms. The molecule has 1 aromatic heterocycles. The summed E-state index contributed by atoms with van der Waals surface area (Å²) in [5.74, 6) is 1.40. The minimum Gasteiger partial charge on any atom is -0.462 e. The first kappa shape index (κ1) is 22.5. The van der Waals surface area contributed by atoms with Gasteiger partial charge in [-0.1, -0.05) is 54.6 Å². The number of benzene rings is 3. The predicted molar refractivity (Wildman–Crippen MR) is 125 cm³/mol. The summed E-state index contributed by atoms with van der Waals surface area (Å²) < 4.78 is 50.3. The summed E-state index contributed by atoms with van der Waals surface area (Å²) in [6.45, 7) is 1.23. The Morgan fingerprint density at radius 1 is 0.857 bits per heavy atom. The lowest BCUT2D eigenvalue weighted by molar-refractivity contribution is -0.137. The van der Waals surface area contributed by atoms with Crippen molar-refractivity contribution in [2.45, 2.75) is 12.7 Å². The Balaban J connectivity index is 1.50. The summed E-state index contributed by atoms with van der Waals surface area (Å²) >= 11 is 0. The van der Waals surface area contributed by atoms with Crippen molar-refractivity contribution in [2.24, 2.45) is 0 Å². The van der Waals surface area contributed by atoms with E-state index >= 15 is 0 Å². The highest BCUT2D eigenvalue weighted by Gasteiger charge is 2.30. The highest BCUT2D eigenvalue weighted by Crippen LogP contribution is 2.34. The van der Waals surface area contributed by atoms with Crippen LogP contribution >= 0.6 is 0 Å². The summed E-state index contributed by atoms with van der Waals surface area (Å²) in [4.78, 5) is 5.21. The normalized spacial score (nSPS) is 13.2. The molecule has 0 bridgehead atoms. The molecule has 0 atom stereocenters. The quantitative estimate of drug-likeness (QED) is 0.353. The topological polar surface area (TPSA) is 63.3 Å². The fourth-order valence-corrected chi connectivity index (χ4v) is 3.88. The molecule has 0 unspecified atom stereocenters. The van der Waals surface area contributed by atoms with Gasteiger partial charge >= 0.3 is 6.18 Å². The standard InChI is InChI=1S/C26H21F3N4O2/c27-26(28,29)20-10-6-9-19(13-20)24-30-25(32-31-24)22-11-4-5-12-23(22)33(15-21-16-34-17-35-21)14-18-7-2-1-3-8-18/h1-13,16H,14-15,17H2,(H,30,31,32). The number of halogens is 3. The molecule has 4 aromatic rings. The zero-order valence-corrected chi connectivity index (χ0v) is 18.5. The molecular weight excluding hydrogens is 457 g/mol. The molecule has 3 aromatic carbocycles. The second-order valence-corrected chi connectivity index (χ2v) is 7.97. The smallest absolute Gasteiger partial charge is 0.416 e. The van der Waals surface area contributed by atoms with Gasteiger partial charge in [-0.05, 0) is 29.8 Å². The van der Waals surface area contributed by atoms with E-state index in [-0.39, 0.29) is 12.6 Å². The van der Waals surface area contributed by atoms with E-state index in [1.165, 1.54) is 6.07 Å². The van der Waals surface area contributed by atoms with Gasteiger partial charge in [0.25, 0.3) is 0 Å². The number of nitrogens with one attached hydrogen (secondary N) is 1. The van der Waals surface area contributed by atoms with Crippen molar-refractivity contribution in [2.75, 3.05) is 18.2 Å². The number of rotatable bonds is 7. The average molecular weight is 478 g/mol. The van der Waals surface area contributed by atoms with Crippen molar-refractivity contribution in [3.05, 3.63) is 102 Å². The lowest BCUT2D eigenvalue weighted by Crippen LogP contribution is -2.26. The molecule has 9 heteroatoms. The van der Waals surface area contributed by atoms with Crippen LogP contribution in [0.1, 0.15) is 11.1 Å². The molecule has 0 fully saturated rings. The van der Waals surface area contributed by atoms with Gasteiger partial charge < -0.3 is 19.4 Å². The summed E-state index contributed by atoms with van der Waals surface area (Å²) in [6.07, 6.45) is -2.84. The Kier molecular flexibility index (Phi) is 6.13. The van der Waals surface area contributed by atoms with E-state index in [1.54, 1.807) is 12.3 Å². The van der Waals surface area contributed by atoms with Crippen LogP contribution < -0.4 is 4.90 Å². The molecule has 0 saturated carbocycles. The Morgan fingerprint density at radius 3 is 2.40 bits per heavy atom. The monoisotopic (exact) mass is 478 g/mol. The number of para-hydroxylation sites is 1. The van der Waals surface area contributed by atoms with Gasteiger partial charge in [-0.2, -0.15) is 13.2 Å². The Hall–Kier alpha value is -4.27. The highest BCUT2D eigenvalue weighted by molar-refractivity contribution is 5.75. The largest absolute Gasteiger partial charge is 0.462 e. The van der Waals surface area contributed by atoms with Crippen LogP contribution in [0.4, 0.5) is 18.9 Å². The van der Waals surface area contributed by atoms with Crippen molar-refractivity contribution in [3.8, 4) is 22.8 Å². The van der Waals surface area contributed by atoms with Crippen molar-refractivity contribution in [3.63, 3.8) is 0 Å². The molecule has 0 radical (unpaired) electrons. The predicted octanol–water partition coefficient (Wildman–Crippen LogP) is 6.01. The Bertz CT molecular complexity index is 1340. The first-order chi connectivity index (χ1) is 17.0. The second-order valence-electron chi connectivity index (χ2n) is 7.97. The zero-order valence-electron chi connectivity index (χ0n) is 18.5. The minimum absolute atomic E-state index is 0.179. The number of nitrogens with zero attached hydrogens (tertiary/aromatic N) is 3. The van der Waals surface area contributed by atoms with Gasteiger partial charge in [-0.25, -0.2) is 0 Å². The molecule has 5 rings (SSSR count). The van der Waals surface area contributed by atoms with E-state index in [0.29, 0.717) is 30.2 Å². The van der Waals surface area contributed by atoms with E-state index in [2.05, 4.69) is 20.1 Å². The molecule has 6 nitrogen and oxygen atoms in total. The average Bonchev–Trinajstić information content (AvgIpc) is 3.57. The maximum absolute atomic E-state index is 13.2. The van der Waals surface area contributed by atoms with Crippen LogP contribution in [0, 0.1) is 0 Å².